The highest BCUT2D eigenvalue weighted by Gasteiger charge is 2.50. The van der Waals surface area contributed by atoms with Crippen LogP contribution in [0, 0.1) is 6.92 Å². The molecular weight excluding hydrogens is 449 g/mol. The summed E-state index contributed by atoms with van der Waals surface area (Å²) < 4.78 is 42.2. The van der Waals surface area contributed by atoms with Crippen LogP contribution < -0.4 is 5.32 Å². The van der Waals surface area contributed by atoms with E-state index >= 15 is 0 Å². The molecule has 0 saturated carbocycles. The van der Waals surface area contributed by atoms with Crippen LogP contribution in [0.3, 0.4) is 0 Å². The van der Waals surface area contributed by atoms with E-state index in [0.29, 0.717) is 35.2 Å². The minimum atomic E-state index is -4.46. The number of aromatic nitrogens is 3. The molecule has 1 aromatic carbocycles. The van der Waals surface area contributed by atoms with Crippen LogP contribution in [0.1, 0.15) is 34.5 Å². The predicted molar refractivity (Wildman–Crippen MR) is 118 cm³/mol. The minimum absolute atomic E-state index is 0.0627. The van der Waals surface area contributed by atoms with Crippen molar-refractivity contribution in [3.63, 3.8) is 0 Å². The van der Waals surface area contributed by atoms with E-state index in [4.69, 9.17) is 0 Å². The van der Waals surface area contributed by atoms with Crippen molar-refractivity contribution >= 4 is 34.6 Å². The van der Waals surface area contributed by atoms with E-state index in [0.717, 1.165) is 21.6 Å². The molecule has 0 aliphatic carbocycles. The van der Waals surface area contributed by atoms with Gasteiger partial charge in [0.25, 0.3) is 5.91 Å². The zero-order valence-corrected chi connectivity index (χ0v) is 18.6. The highest BCUT2D eigenvalue weighted by atomic mass is 19.4. The van der Waals surface area contributed by atoms with Gasteiger partial charge in [0.1, 0.15) is 12.2 Å². The highest BCUT2D eigenvalue weighted by molar-refractivity contribution is 6.05. The third-order valence-electron chi connectivity index (χ3n) is 6.56. The molecule has 2 aromatic heterocycles. The average Bonchev–Trinajstić information content (AvgIpc) is 3.47. The number of anilines is 2. The van der Waals surface area contributed by atoms with Gasteiger partial charge in [-0.1, -0.05) is 12.1 Å². The smallest absolute Gasteiger partial charge is 0.354 e. The fraction of sp³-hybridized carbons (Fsp3) is 0.391. The molecule has 1 amide bonds. The molecule has 2 aliphatic heterocycles. The molecule has 0 bridgehead atoms. The second-order valence-electron chi connectivity index (χ2n) is 8.69. The second kappa shape index (κ2) is 8.08. The van der Waals surface area contributed by atoms with E-state index in [2.05, 4.69) is 15.4 Å². The number of rotatable bonds is 5. The van der Waals surface area contributed by atoms with Crippen molar-refractivity contribution in [1.82, 2.24) is 24.6 Å². The number of carbonyl (C=O) groups excluding carboxylic acids is 2. The predicted octanol–water partition coefficient (Wildman–Crippen LogP) is 3.53. The molecule has 1 N–H and O–H groups in total. The number of hydrogen-bond acceptors (Lipinski definition) is 6. The van der Waals surface area contributed by atoms with Gasteiger partial charge in [0.15, 0.2) is 11.9 Å². The van der Waals surface area contributed by atoms with Crippen LogP contribution in [0.5, 0.6) is 0 Å². The van der Waals surface area contributed by atoms with E-state index < -0.39 is 24.3 Å². The maximum atomic E-state index is 13.5. The first-order valence-corrected chi connectivity index (χ1v) is 11.0. The Balaban J connectivity index is 1.45. The summed E-state index contributed by atoms with van der Waals surface area (Å²) in [6.45, 7) is 2.05. The van der Waals surface area contributed by atoms with Gasteiger partial charge in [-0.2, -0.15) is 18.3 Å². The van der Waals surface area contributed by atoms with Crippen LogP contribution in [0.4, 0.5) is 24.5 Å². The molecule has 5 rings (SSSR count). The summed E-state index contributed by atoms with van der Waals surface area (Å²) in [6.07, 6.45) is -3.44. The first-order valence-electron chi connectivity index (χ1n) is 11.0. The van der Waals surface area contributed by atoms with Crippen molar-refractivity contribution in [3.05, 3.63) is 47.3 Å². The van der Waals surface area contributed by atoms with E-state index in [1.807, 2.05) is 13.0 Å². The molecule has 2 aliphatic rings. The Morgan fingerprint density at radius 3 is 2.82 bits per heavy atom. The Bertz CT molecular complexity index is 1290. The van der Waals surface area contributed by atoms with Crippen LogP contribution >= 0.6 is 0 Å². The van der Waals surface area contributed by atoms with Crippen LogP contribution in [-0.2, 0) is 18.4 Å². The second-order valence-corrected chi connectivity index (χ2v) is 8.69. The SMILES string of the molecule is Cc1nn(C)c2ncc(Nc3cccc4c3C(=O)N(C(C=O)N3CCC[C@H]3C(F)(F)F)C4)cc12. The molecule has 1 fully saturated rings. The van der Waals surface area contributed by atoms with Crippen molar-refractivity contribution < 1.29 is 22.8 Å². The molecule has 3 aromatic rings. The molecule has 2 atom stereocenters. The lowest BCUT2D eigenvalue weighted by atomic mass is 10.1. The number of pyridine rings is 1. The first-order chi connectivity index (χ1) is 16.2. The van der Waals surface area contributed by atoms with Crippen LogP contribution in [0.25, 0.3) is 11.0 Å². The van der Waals surface area contributed by atoms with Crippen molar-refractivity contribution in [2.75, 3.05) is 11.9 Å². The standard InChI is InChI=1S/C23H23F3N6O2/c1-13-16-9-15(10-27-21(16)30(2)29-13)28-17-6-3-5-14-11-32(22(34)20(14)17)19(12-33)31-8-4-7-18(31)23(24,25)26/h3,5-6,9-10,12,18-19,28H,4,7-8,11H2,1-2H3/t18-,19?/m0/s1. The van der Waals surface area contributed by atoms with Gasteiger partial charge >= 0.3 is 6.18 Å². The molecular formula is C23H23F3N6O2. The van der Waals surface area contributed by atoms with Gasteiger partial charge in [-0.05, 0) is 37.5 Å². The van der Waals surface area contributed by atoms with Gasteiger partial charge in [-0.3, -0.25) is 19.2 Å². The van der Waals surface area contributed by atoms with Gasteiger partial charge in [-0.25, -0.2) is 4.98 Å². The normalized spacial score (nSPS) is 19.6. The number of likely N-dealkylation sites (tertiary alicyclic amines) is 1. The number of benzene rings is 1. The lowest BCUT2D eigenvalue weighted by Crippen LogP contribution is -2.55. The Labute approximate surface area is 193 Å². The van der Waals surface area contributed by atoms with Crippen LogP contribution in [0.15, 0.2) is 30.5 Å². The Hall–Kier alpha value is -3.47. The monoisotopic (exact) mass is 472 g/mol. The van der Waals surface area contributed by atoms with Crippen molar-refractivity contribution in [2.24, 2.45) is 7.05 Å². The molecule has 11 heteroatoms. The Kier molecular flexibility index (Phi) is 5.31. The molecule has 4 heterocycles. The number of nitrogens with zero attached hydrogens (tertiary/aromatic N) is 5. The average molecular weight is 472 g/mol. The summed E-state index contributed by atoms with van der Waals surface area (Å²) >= 11 is 0. The number of alkyl halides is 3. The lowest BCUT2D eigenvalue weighted by Gasteiger charge is -2.35. The molecule has 178 valence electrons. The van der Waals surface area contributed by atoms with E-state index in [1.165, 1.54) is 4.90 Å². The van der Waals surface area contributed by atoms with Crippen molar-refractivity contribution in [1.29, 1.82) is 0 Å². The zero-order valence-electron chi connectivity index (χ0n) is 18.6. The van der Waals surface area contributed by atoms with Gasteiger partial charge in [0, 0.05) is 25.5 Å². The first kappa shape index (κ1) is 22.3. The van der Waals surface area contributed by atoms with Crippen LogP contribution in [0.2, 0.25) is 0 Å². The van der Waals surface area contributed by atoms with Crippen molar-refractivity contribution in [2.45, 2.75) is 44.7 Å². The molecule has 1 unspecified atom stereocenters. The third-order valence-corrected chi connectivity index (χ3v) is 6.56. The summed E-state index contributed by atoms with van der Waals surface area (Å²) in [6, 6.07) is 5.39. The number of fused-ring (bicyclic) bond motifs is 2. The number of halogens is 3. The highest BCUT2D eigenvalue weighted by Crippen LogP contribution is 2.38. The number of aldehydes is 1. The topological polar surface area (TPSA) is 83.4 Å². The third kappa shape index (κ3) is 3.60. The summed E-state index contributed by atoms with van der Waals surface area (Å²) in [5.74, 6) is -0.477. The fourth-order valence-corrected chi connectivity index (χ4v) is 5.02. The van der Waals surface area contributed by atoms with E-state index in [1.54, 1.807) is 36.1 Å². The fourth-order valence-electron chi connectivity index (χ4n) is 5.02. The molecule has 0 radical (unpaired) electrons. The van der Waals surface area contributed by atoms with Gasteiger partial charge in [-0.15, -0.1) is 0 Å². The van der Waals surface area contributed by atoms with Crippen molar-refractivity contribution in [3.8, 4) is 0 Å². The lowest BCUT2D eigenvalue weighted by molar-refractivity contribution is -0.186. The summed E-state index contributed by atoms with van der Waals surface area (Å²) in [4.78, 5) is 32.1. The maximum Gasteiger partial charge on any atom is 0.404 e. The quantitative estimate of drug-likeness (QED) is 0.572. The van der Waals surface area contributed by atoms with E-state index in [-0.39, 0.29) is 19.5 Å². The Morgan fingerprint density at radius 2 is 2.09 bits per heavy atom. The van der Waals surface area contributed by atoms with E-state index in [9.17, 15) is 22.8 Å². The summed E-state index contributed by atoms with van der Waals surface area (Å²) in [7, 11) is 1.81. The molecule has 8 nitrogen and oxygen atoms in total. The summed E-state index contributed by atoms with van der Waals surface area (Å²) in [5, 5.41) is 8.43. The van der Waals surface area contributed by atoms with Crippen LogP contribution in [-0.4, -0.2) is 61.7 Å². The van der Waals surface area contributed by atoms with Gasteiger partial charge < -0.3 is 10.2 Å². The molecule has 34 heavy (non-hydrogen) atoms. The molecule has 1 saturated heterocycles. The van der Waals surface area contributed by atoms with Gasteiger partial charge in [0.2, 0.25) is 0 Å². The van der Waals surface area contributed by atoms with Gasteiger partial charge in [0.05, 0.1) is 28.8 Å². The molecule has 0 spiro atoms. The number of carbonyl (C=O) groups is 2. The largest absolute Gasteiger partial charge is 0.404 e. The number of nitrogens with one attached hydrogen (secondary N) is 1. The zero-order chi connectivity index (χ0) is 24.2. The summed E-state index contributed by atoms with van der Waals surface area (Å²) in [5.41, 5.74) is 3.68. The number of aryl methyl sites for hydroxylation is 2. The Morgan fingerprint density at radius 1 is 1.29 bits per heavy atom. The minimum Gasteiger partial charge on any atom is -0.354 e. The number of hydrogen-bond donors (Lipinski definition) is 1. The number of amides is 1. The maximum absolute atomic E-state index is 13.5.